The first-order valence-electron chi connectivity index (χ1n) is 5.54. The van der Waals surface area contributed by atoms with E-state index in [4.69, 9.17) is 0 Å². The molecular weight excluding hydrogens is 216 g/mol. The summed E-state index contributed by atoms with van der Waals surface area (Å²) in [7, 11) is 0. The third-order valence-electron chi connectivity index (χ3n) is 2.54. The number of aryl methyl sites for hydroxylation is 1. The molecule has 0 aliphatic heterocycles. The van der Waals surface area contributed by atoms with Gasteiger partial charge in [-0.15, -0.1) is 11.3 Å². The van der Waals surface area contributed by atoms with Gasteiger partial charge < -0.3 is 5.32 Å². The molecule has 2 rings (SSSR count). The summed E-state index contributed by atoms with van der Waals surface area (Å²) in [6, 6.07) is 8.78. The van der Waals surface area contributed by atoms with Gasteiger partial charge in [-0.25, -0.2) is 0 Å². The second-order valence-electron chi connectivity index (χ2n) is 3.74. The average molecular weight is 232 g/mol. The molecule has 1 aromatic heterocycles. The van der Waals surface area contributed by atoms with Crippen LogP contribution in [-0.4, -0.2) is 4.98 Å². The summed E-state index contributed by atoms with van der Waals surface area (Å²) in [6.07, 6.45) is 3.02. The van der Waals surface area contributed by atoms with Crippen molar-refractivity contribution in [3.05, 3.63) is 52.0 Å². The van der Waals surface area contributed by atoms with Crippen molar-refractivity contribution in [2.45, 2.75) is 26.4 Å². The van der Waals surface area contributed by atoms with Crippen LogP contribution in [0.5, 0.6) is 0 Å². The largest absolute Gasteiger partial charge is 0.308 e. The smallest absolute Gasteiger partial charge is 0.0794 e. The molecule has 0 amide bonds. The van der Waals surface area contributed by atoms with Gasteiger partial charge >= 0.3 is 0 Å². The van der Waals surface area contributed by atoms with Gasteiger partial charge in [0.1, 0.15) is 0 Å². The number of thiazole rings is 1. The molecule has 0 saturated heterocycles. The van der Waals surface area contributed by atoms with Crippen molar-refractivity contribution in [2.24, 2.45) is 0 Å². The number of aromatic nitrogens is 1. The zero-order chi connectivity index (χ0) is 11.2. The van der Waals surface area contributed by atoms with Gasteiger partial charge in [0, 0.05) is 24.2 Å². The van der Waals surface area contributed by atoms with Crippen LogP contribution in [0.1, 0.15) is 22.9 Å². The van der Waals surface area contributed by atoms with E-state index < -0.39 is 0 Å². The van der Waals surface area contributed by atoms with Crippen LogP contribution in [0.15, 0.2) is 36.0 Å². The molecule has 0 aliphatic carbocycles. The minimum Gasteiger partial charge on any atom is -0.308 e. The number of benzene rings is 1. The van der Waals surface area contributed by atoms with Crippen LogP contribution in [0.3, 0.4) is 0 Å². The zero-order valence-corrected chi connectivity index (χ0v) is 10.3. The van der Waals surface area contributed by atoms with Crippen molar-refractivity contribution in [3.8, 4) is 0 Å². The topological polar surface area (TPSA) is 24.9 Å². The van der Waals surface area contributed by atoms with Gasteiger partial charge in [-0.05, 0) is 17.5 Å². The zero-order valence-electron chi connectivity index (χ0n) is 9.44. The molecule has 0 atom stereocenters. The summed E-state index contributed by atoms with van der Waals surface area (Å²) in [5.41, 5.74) is 4.60. The molecule has 0 aliphatic rings. The van der Waals surface area contributed by atoms with E-state index in [1.54, 1.807) is 11.3 Å². The van der Waals surface area contributed by atoms with Gasteiger partial charge in [0.25, 0.3) is 0 Å². The first kappa shape index (κ1) is 11.3. The van der Waals surface area contributed by atoms with Gasteiger partial charge in [-0.3, -0.25) is 4.98 Å². The SMILES string of the molecule is CCc1ccc(CNCc2cncs2)cc1. The van der Waals surface area contributed by atoms with Crippen molar-refractivity contribution in [1.29, 1.82) is 0 Å². The predicted octanol–water partition coefficient (Wildman–Crippen LogP) is 3.00. The van der Waals surface area contributed by atoms with Gasteiger partial charge in [-0.2, -0.15) is 0 Å². The minimum absolute atomic E-state index is 0.903. The Bertz CT molecular complexity index is 406. The average Bonchev–Trinajstić information content (AvgIpc) is 2.83. The molecule has 0 saturated carbocycles. The third-order valence-corrected chi connectivity index (χ3v) is 3.32. The molecule has 2 aromatic rings. The molecule has 0 spiro atoms. The number of rotatable bonds is 5. The lowest BCUT2D eigenvalue weighted by atomic mass is 10.1. The summed E-state index contributed by atoms with van der Waals surface area (Å²) < 4.78 is 0. The van der Waals surface area contributed by atoms with Gasteiger partial charge in [-0.1, -0.05) is 31.2 Å². The molecule has 84 valence electrons. The lowest BCUT2D eigenvalue weighted by Gasteiger charge is -2.04. The maximum absolute atomic E-state index is 4.05. The van der Waals surface area contributed by atoms with Crippen LogP contribution in [0.4, 0.5) is 0 Å². The number of hydrogen-bond acceptors (Lipinski definition) is 3. The van der Waals surface area contributed by atoms with Gasteiger partial charge in [0.2, 0.25) is 0 Å². The fraction of sp³-hybridized carbons (Fsp3) is 0.308. The number of nitrogens with one attached hydrogen (secondary N) is 1. The van der Waals surface area contributed by atoms with E-state index in [-0.39, 0.29) is 0 Å². The lowest BCUT2D eigenvalue weighted by Crippen LogP contribution is -2.11. The van der Waals surface area contributed by atoms with Gasteiger partial charge in [0.05, 0.1) is 5.51 Å². The molecule has 0 fully saturated rings. The Morgan fingerprint density at radius 1 is 1.12 bits per heavy atom. The van der Waals surface area contributed by atoms with Crippen molar-refractivity contribution in [2.75, 3.05) is 0 Å². The van der Waals surface area contributed by atoms with Crippen LogP contribution in [0.25, 0.3) is 0 Å². The highest BCUT2D eigenvalue weighted by molar-refractivity contribution is 7.09. The molecule has 1 heterocycles. The second kappa shape index (κ2) is 5.77. The molecule has 16 heavy (non-hydrogen) atoms. The van der Waals surface area contributed by atoms with Crippen LogP contribution in [-0.2, 0) is 19.5 Å². The summed E-state index contributed by atoms with van der Waals surface area (Å²) in [4.78, 5) is 5.33. The molecule has 0 bridgehead atoms. The Hall–Kier alpha value is -1.19. The van der Waals surface area contributed by atoms with E-state index in [0.717, 1.165) is 19.5 Å². The van der Waals surface area contributed by atoms with E-state index in [1.165, 1.54) is 16.0 Å². The van der Waals surface area contributed by atoms with Crippen molar-refractivity contribution < 1.29 is 0 Å². The quantitative estimate of drug-likeness (QED) is 0.857. The molecule has 2 nitrogen and oxygen atoms in total. The molecule has 1 N–H and O–H groups in total. The van der Waals surface area contributed by atoms with E-state index in [0.29, 0.717) is 0 Å². The Morgan fingerprint density at radius 3 is 2.50 bits per heavy atom. The van der Waals surface area contributed by atoms with Crippen molar-refractivity contribution in [1.82, 2.24) is 10.3 Å². The van der Waals surface area contributed by atoms with E-state index in [9.17, 15) is 0 Å². The molecule has 0 radical (unpaired) electrons. The van der Waals surface area contributed by atoms with Gasteiger partial charge in [0.15, 0.2) is 0 Å². The molecular formula is C13H16N2S. The highest BCUT2D eigenvalue weighted by Gasteiger charge is 1.95. The third kappa shape index (κ3) is 3.15. The van der Waals surface area contributed by atoms with E-state index >= 15 is 0 Å². The Labute approximate surface area is 100 Å². The Balaban J connectivity index is 1.81. The highest BCUT2D eigenvalue weighted by atomic mass is 32.1. The fourth-order valence-corrected chi connectivity index (χ4v) is 2.12. The summed E-state index contributed by atoms with van der Waals surface area (Å²) in [5.74, 6) is 0. The summed E-state index contributed by atoms with van der Waals surface area (Å²) in [5, 5.41) is 3.41. The molecule has 3 heteroatoms. The maximum atomic E-state index is 4.05. The molecule has 1 aromatic carbocycles. The summed E-state index contributed by atoms with van der Waals surface area (Å²) in [6.45, 7) is 4.00. The van der Waals surface area contributed by atoms with Crippen molar-refractivity contribution >= 4 is 11.3 Å². The summed E-state index contributed by atoms with van der Waals surface area (Å²) >= 11 is 1.69. The Morgan fingerprint density at radius 2 is 1.88 bits per heavy atom. The minimum atomic E-state index is 0.903. The number of nitrogens with zero attached hydrogens (tertiary/aromatic N) is 1. The van der Waals surface area contributed by atoms with Crippen molar-refractivity contribution in [3.63, 3.8) is 0 Å². The van der Waals surface area contributed by atoms with Crippen LogP contribution >= 0.6 is 11.3 Å². The van der Waals surface area contributed by atoms with E-state index in [2.05, 4.69) is 41.5 Å². The normalized spacial score (nSPS) is 10.6. The van der Waals surface area contributed by atoms with Crippen LogP contribution in [0.2, 0.25) is 0 Å². The maximum Gasteiger partial charge on any atom is 0.0794 e. The first-order valence-corrected chi connectivity index (χ1v) is 6.42. The van der Waals surface area contributed by atoms with Crippen LogP contribution < -0.4 is 5.32 Å². The lowest BCUT2D eigenvalue weighted by molar-refractivity contribution is 0.700. The monoisotopic (exact) mass is 232 g/mol. The highest BCUT2D eigenvalue weighted by Crippen LogP contribution is 2.07. The Kier molecular flexibility index (Phi) is 4.08. The standard InChI is InChI=1S/C13H16N2S/c1-2-11-3-5-12(6-4-11)7-14-8-13-9-15-10-16-13/h3-6,9-10,14H,2,7-8H2,1H3. The molecule has 0 unspecified atom stereocenters. The van der Waals surface area contributed by atoms with Crippen LogP contribution in [0, 0.1) is 0 Å². The van der Waals surface area contributed by atoms with E-state index in [1.807, 2.05) is 11.7 Å². The number of hydrogen-bond donors (Lipinski definition) is 1. The fourth-order valence-electron chi connectivity index (χ4n) is 1.55. The predicted molar refractivity (Wildman–Crippen MR) is 68.5 cm³/mol. The second-order valence-corrected chi connectivity index (χ2v) is 4.71. The first-order chi connectivity index (χ1) is 7.88.